The van der Waals surface area contributed by atoms with Gasteiger partial charge in [-0.15, -0.1) is 0 Å². The number of methoxy groups -OCH3 is 1. The molecule has 0 aliphatic carbocycles. The molecule has 2 aromatic carbocycles. The number of ether oxygens (including phenoxy) is 2. The van der Waals surface area contributed by atoms with Gasteiger partial charge in [0.2, 0.25) is 5.91 Å². The lowest BCUT2D eigenvalue weighted by Crippen LogP contribution is -2.42. The Morgan fingerprint density at radius 3 is 2.39 bits per heavy atom. The first-order chi connectivity index (χ1) is 13.6. The number of carbonyl (C=O) groups excluding carboxylic acids is 2. The summed E-state index contributed by atoms with van der Waals surface area (Å²) in [4.78, 5) is 24.5. The van der Waals surface area contributed by atoms with E-state index in [9.17, 15) is 9.59 Å². The highest BCUT2D eigenvalue weighted by molar-refractivity contribution is 5.97. The number of hydrogen-bond acceptors (Lipinski definition) is 4. The zero-order chi connectivity index (χ0) is 20.2. The highest BCUT2D eigenvalue weighted by Crippen LogP contribution is 2.18. The molecule has 0 atom stereocenters. The van der Waals surface area contributed by atoms with Crippen LogP contribution in [0.25, 0.3) is 0 Å². The van der Waals surface area contributed by atoms with Crippen LogP contribution in [0, 0.1) is 0 Å². The van der Waals surface area contributed by atoms with Gasteiger partial charge in [0.05, 0.1) is 25.7 Å². The molecule has 2 aromatic rings. The average molecular weight is 384 g/mol. The standard InChI is InChI=1S/C22H28N2O4/c1-3-4-5-8-15-28-20-10-7-6-9-19(20)22(26)24-23-21(25)16-17-11-13-18(27-2)14-12-17/h6-7,9-14H,3-5,8,15-16H2,1-2H3,(H,23,25)(H,24,26). The van der Waals surface area contributed by atoms with Crippen LogP contribution < -0.4 is 20.3 Å². The van der Waals surface area contributed by atoms with E-state index >= 15 is 0 Å². The number of para-hydroxylation sites is 1. The van der Waals surface area contributed by atoms with Crippen molar-refractivity contribution in [3.05, 3.63) is 59.7 Å². The Balaban J connectivity index is 1.83. The molecular weight excluding hydrogens is 356 g/mol. The third-order valence-corrected chi connectivity index (χ3v) is 4.23. The number of amides is 2. The molecule has 28 heavy (non-hydrogen) atoms. The minimum Gasteiger partial charge on any atom is -0.497 e. The van der Waals surface area contributed by atoms with Gasteiger partial charge >= 0.3 is 0 Å². The van der Waals surface area contributed by atoms with Crippen molar-refractivity contribution in [2.75, 3.05) is 13.7 Å². The van der Waals surface area contributed by atoms with E-state index in [1.807, 2.05) is 18.2 Å². The number of hydrazine groups is 1. The van der Waals surface area contributed by atoms with Crippen LogP contribution in [0.15, 0.2) is 48.5 Å². The van der Waals surface area contributed by atoms with Gasteiger partial charge in [-0.2, -0.15) is 0 Å². The summed E-state index contributed by atoms with van der Waals surface area (Å²) in [5.74, 6) is 0.522. The second-order valence-electron chi connectivity index (χ2n) is 6.43. The van der Waals surface area contributed by atoms with Crippen molar-refractivity contribution in [3.63, 3.8) is 0 Å². The molecule has 6 heteroatoms. The topological polar surface area (TPSA) is 76.7 Å². The monoisotopic (exact) mass is 384 g/mol. The molecule has 0 aliphatic heterocycles. The molecule has 0 aromatic heterocycles. The number of carbonyl (C=O) groups is 2. The zero-order valence-electron chi connectivity index (χ0n) is 16.5. The Bertz CT molecular complexity index is 759. The van der Waals surface area contributed by atoms with Gasteiger partial charge < -0.3 is 9.47 Å². The van der Waals surface area contributed by atoms with Gasteiger partial charge in [-0.3, -0.25) is 20.4 Å². The first-order valence-electron chi connectivity index (χ1n) is 9.58. The van der Waals surface area contributed by atoms with Crippen LogP contribution in [0.4, 0.5) is 0 Å². The second-order valence-corrected chi connectivity index (χ2v) is 6.43. The Morgan fingerprint density at radius 2 is 1.68 bits per heavy atom. The molecule has 0 fully saturated rings. The quantitative estimate of drug-likeness (QED) is 0.484. The van der Waals surface area contributed by atoms with Crippen LogP contribution in [-0.2, 0) is 11.2 Å². The Morgan fingerprint density at radius 1 is 0.929 bits per heavy atom. The van der Waals surface area contributed by atoms with E-state index in [4.69, 9.17) is 9.47 Å². The SMILES string of the molecule is CCCCCCOc1ccccc1C(=O)NNC(=O)Cc1ccc(OC)cc1. The molecule has 0 radical (unpaired) electrons. The van der Waals surface area contributed by atoms with E-state index in [0.717, 1.165) is 30.6 Å². The molecule has 0 bridgehead atoms. The van der Waals surface area contributed by atoms with Crippen molar-refractivity contribution < 1.29 is 19.1 Å². The summed E-state index contributed by atoms with van der Waals surface area (Å²) in [6, 6.07) is 14.2. The van der Waals surface area contributed by atoms with Gasteiger partial charge in [-0.1, -0.05) is 50.5 Å². The summed E-state index contributed by atoms with van der Waals surface area (Å²) in [6.07, 6.45) is 4.54. The average Bonchev–Trinajstić information content (AvgIpc) is 2.72. The lowest BCUT2D eigenvalue weighted by Gasteiger charge is -2.12. The minimum absolute atomic E-state index is 0.153. The minimum atomic E-state index is -0.410. The molecule has 0 saturated heterocycles. The lowest BCUT2D eigenvalue weighted by molar-refractivity contribution is -0.121. The van der Waals surface area contributed by atoms with Crippen molar-refractivity contribution in [2.24, 2.45) is 0 Å². The molecule has 0 aliphatic rings. The second kappa shape index (κ2) is 11.6. The van der Waals surface area contributed by atoms with E-state index in [1.54, 1.807) is 37.4 Å². The molecule has 2 rings (SSSR count). The molecule has 0 unspecified atom stereocenters. The lowest BCUT2D eigenvalue weighted by atomic mass is 10.1. The van der Waals surface area contributed by atoms with E-state index in [2.05, 4.69) is 17.8 Å². The summed E-state index contributed by atoms with van der Waals surface area (Å²) in [5, 5.41) is 0. The van der Waals surface area contributed by atoms with E-state index in [-0.39, 0.29) is 12.3 Å². The first-order valence-corrected chi connectivity index (χ1v) is 9.58. The van der Waals surface area contributed by atoms with Crippen molar-refractivity contribution in [1.29, 1.82) is 0 Å². The summed E-state index contributed by atoms with van der Waals surface area (Å²) < 4.78 is 10.8. The predicted molar refractivity (Wildman–Crippen MR) is 108 cm³/mol. The van der Waals surface area contributed by atoms with E-state index in [0.29, 0.717) is 17.9 Å². The maximum absolute atomic E-state index is 12.4. The number of rotatable bonds is 10. The molecule has 2 amide bonds. The van der Waals surface area contributed by atoms with Crippen molar-refractivity contribution in [3.8, 4) is 11.5 Å². The third kappa shape index (κ3) is 6.95. The molecular formula is C22H28N2O4. The van der Waals surface area contributed by atoms with Crippen LogP contribution in [-0.4, -0.2) is 25.5 Å². The van der Waals surface area contributed by atoms with Crippen LogP contribution in [0.3, 0.4) is 0 Å². The summed E-state index contributed by atoms with van der Waals surface area (Å²) >= 11 is 0. The molecule has 0 saturated carbocycles. The van der Waals surface area contributed by atoms with Gasteiger partial charge in [-0.25, -0.2) is 0 Å². The Hall–Kier alpha value is -3.02. The smallest absolute Gasteiger partial charge is 0.273 e. The van der Waals surface area contributed by atoms with Crippen LogP contribution in [0.5, 0.6) is 11.5 Å². The normalized spacial score (nSPS) is 10.2. The molecule has 0 spiro atoms. The van der Waals surface area contributed by atoms with Crippen LogP contribution in [0.2, 0.25) is 0 Å². The highest BCUT2D eigenvalue weighted by Gasteiger charge is 2.13. The summed E-state index contributed by atoms with van der Waals surface area (Å²) in [7, 11) is 1.59. The molecule has 2 N–H and O–H groups in total. The van der Waals surface area contributed by atoms with Gasteiger partial charge in [0.1, 0.15) is 11.5 Å². The number of hydrogen-bond donors (Lipinski definition) is 2. The molecule has 6 nitrogen and oxygen atoms in total. The van der Waals surface area contributed by atoms with Crippen molar-refractivity contribution in [2.45, 2.75) is 39.0 Å². The van der Waals surface area contributed by atoms with Crippen LogP contribution >= 0.6 is 0 Å². The summed E-state index contributed by atoms with van der Waals surface area (Å²) in [5.41, 5.74) is 6.11. The fourth-order valence-electron chi connectivity index (χ4n) is 2.66. The number of nitrogens with one attached hydrogen (secondary N) is 2. The number of unbranched alkanes of at least 4 members (excludes halogenated alkanes) is 3. The van der Waals surface area contributed by atoms with E-state index in [1.165, 1.54) is 6.42 Å². The molecule has 150 valence electrons. The van der Waals surface area contributed by atoms with Gasteiger partial charge in [0.15, 0.2) is 0 Å². The third-order valence-electron chi connectivity index (χ3n) is 4.23. The van der Waals surface area contributed by atoms with Crippen LogP contribution in [0.1, 0.15) is 48.5 Å². The van der Waals surface area contributed by atoms with Gasteiger partial charge in [-0.05, 0) is 36.2 Å². The summed E-state index contributed by atoms with van der Waals surface area (Å²) in [6.45, 7) is 2.72. The highest BCUT2D eigenvalue weighted by atomic mass is 16.5. The number of benzene rings is 2. The van der Waals surface area contributed by atoms with Gasteiger partial charge in [0.25, 0.3) is 5.91 Å². The van der Waals surface area contributed by atoms with Gasteiger partial charge in [0, 0.05) is 0 Å². The largest absolute Gasteiger partial charge is 0.497 e. The van der Waals surface area contributed by atoms with E-state index < -0.39 is 5.91 Å². The maximum atomic E-state index is 12.4. The zero-order valence-corrected chi connectivity index (χ0v) is 16.5. The maximum Gasteiger partial charge on any atom is 0.273 e. The Labute approximate surface area is 166 Å². The molecule has 0 heterocycles. The van der Waals surface area contributed by atoms with Crippen molar-refractivity contribution >= 4 is 11.8 Å². The Kier molecular flexibility index (Phi) is 8.85. The fourth-order valence-corrected chi connectivity index (χ4v) is 2.66. The van der Waals surface area contributed by atoms with Crippen molar-refractivity contribution in [1.82, 2.24) is 10.9 Å². The fraction of sp³-hybridized carbons (Fsp3) is 0.364. The first kappa shape index (κ1) is 21.3. The predicted octanol–water partition coefficient (Wildman–Crippen LogP) is 3.66.